The molecular weight excluding hydrogens is 240 g/mol. The lowest BCUT2D eigenvalue weighted by atomic mass is 9.86. The first-order valence-electron chi connectivity index (χ1n) is 7.10. The summed E-state index contributed by atoms with van der Waals surface area (Å²) in [6.45, 7) is 5.11. The maximum atomic E-state index is 4.35. The molecule has 6 nitrogen and oxygen atoms in total. The van der Waals surface area contributed by atoms with Crippen LogP contribution in [-0.2, 0) is 6.54 Å². The third-order valence-corrected chi connectivity index (χ3v) is 4.03. The fourth-order valence-electron chi connectivity index (χ4n) is 2.82. The van der Waals surface area contributed by atoms with Gasteiger partial charge in [0.05, 0.1) is 0 Å². The number of nitrogens with one attached hydrogen (secondary N) is 1. The van der Waals surface area contributed by atoms with E-state index in [-0.39, 0.29) is 0 Å². The normalized spacial score (nSPS) is 23.7. The standard InChI is InChI=1S/C13H20N6/c1-3-19-13-11(17-18-19)12(14-8-15-13)16-10-7-5-4-6-9(10)2/h8-10H,3-7H2,1-2H3,(H,14,15,16)/t9-,10-/m0/s1. The predicted molar refractivity (Wildman–Crippen MR) is 73.8 cm³/mol. The molecule has 1 fully saturated rings. The molecule has 2 aromatic heterocycles. The van der Waals surface area contributed by atoms with E-state index in [4.69, 9.17) is 0 Å². The zero-order chi connectivity index (χ0) is 13.2. The molecule has 1 saturated carbocycles. The average Bonchev–Trinajstić information content (AvgIpc) is 2.85. The van der Waals surface area contributed by atoms with Crippen LogP contribution in [0.15, 0.2) is 6.33 Å². The smallest absolute Gasteiger partial charge is 0.183 e. The van der Waals surface area contributed by atoms with Gasteiger partial charge in [0.25, 0.3) is 0 Å². The number of rotatable bonds is 3. The second-order valence-electron chi connectivity index (χ2n) is 5.31. The van der Waals surface area contributed by atoms with Crippen molar-refractivity contribution in [2.24, 2.45) is 5.92 Å². The van der Waals surface area contributed by atoms with Crippen LogP contribution >= 0.6 is 0 Å². The number of hydrogen-bond acceptors (Lipinski definition) is 5. The Morgan fingerprint density at radius 3 is 2.95 bits per heavy atom. The zero-order valence-electron chi connectivity index (χ0n) is 11.5. The summed E-state index contributed by atoms with van der Waals surface area (Å²) in [5, 5.41) is 11.9. The SMILES string of the molecule is CCn1nnc2c(N[C@H]3CCCC[C@@H]3C)ncnc21. The molecule has 1 aliphatic carbocycles. The molecular formula is C13H20N6. The van der Waals surface area contributed by atoms with Gasteiger partial charge in [-0.3, -0.25) is 0 Å². The van der Waals surface area contributed by atoms with Crippen LogP contribution in [0.3, 0.4) is 0 Å². The van der Waals surface area contributed by atoms with Crippen molar-refractivity contribution in [3.05, 3.63) is 6.33 Å². The molecule has 19 heavy (non-hydrogen) atoms. The Morgan fingerprint density at radius 1 is 1.32 bits per heavy atom. The van der Waals surface area contributed by atoms with Gasteiger partial charge in [-0.05, 0) is 25.7 Å². The van der Waals surface area contributed by atoms with Gasteiger partial charge in [-0.25, -0.2) is 14.6 Å². The van der Waals surface area contributed by atoms with Crippen LogP contribution in [0.5, 0.6) is 0 Å². The molecule has 1 aliphatic rings. The fraction of sp³-hybridized carbons (Fsp3) is 0.692. The quantitative estimate of drug-likeness (QED) is 0.916. The van der Waals surface area contributed by atoms with Crippen LogP contribution < -0.4 is 5.32 Å². The molecule has 2 aromatic rings. The lowest BCUT2D eigenvalue weighted by Gasteiger charge is -2.29. The van der Waals surface area contributed by atoms with Crippen molar-refractivity contribution in [2.45, 2.75) is 52.1 Å². The van der Waals surface area contributed by atoms with Gasteiger partial charge in [0.1, 0.15) is 6.33 Å². The number of fused-ring (bicyclic) bond motifs is 1. The Morgan fingerprint density at radius 2 is 2.16 bits per heavy atom. The minimum absolute atomic E-state index is 0.485. The molecule has 0 unspecified atom stereocenters. The van der Waals surface area contributed by atoms with Crippen LogP contribution in [0, 0.1) is 5.92 Å². The molecule has 0 amide bonds. The summed E-state index contributed by atoms with van der Waals surface area (Å²) in [6.07, 6.45) is 6.71. The van der Waals surface area contributed by atoms with E-state index >= 15 is 0 Å². The van der Waals surface area contributed by atoms with Crippen LogP contribution in [0.1, 0.15) is 39.5 Å². The van der Waals surface area contributed by atoms with Gasteiger partial charge in [0.2, 0.25) is 0 Å². The molecule has 0 bridgehead atoms. The predicted octanol–water partition coefficient (Wildman–Crippen LogP) is 2.23. The summed E-state index contributed by atoms with van der Waals surface area (Å²) in [7, 11) is 0. The molecule has 0 aromatic carbocycles. The maximum Gasteiger partial charge on any atom is 0.183 e. The van der Waals surface area contributed by atoms with Gasteiger partial charge in [0, 0.05) is 12.6 Å². The molecule has 3 rings (SSSR count). The third kappa shape index (κ3) is 2.27. The summed E-state index contributed by atoms with van der Waals surface area (Å²) >= 11 is 0. The number of aryl methyl sites for hydroxylation is 1. The highest BCUT2D eigenvalue weighted by atomic mass is 15.4. The molecule has 2 atom stereocenters. The summed E-state index contributed by atoms with van der Waals surface area (Å²) in [5.74, 6) is 1.50. The first-order valence-corrected chi connectivity index (χ1v) is 7.10. The Bertz CT molecular complexity index is 563. The lowest BCUT2D eigenvalue weighted by molar-refractivity contribution is 0.349. The third-order valence-electron chi connectivity index (χ3n) is 4.03. The van der Waals surface area contributed by atoms with Gasteiger partial charge in [-0.1, -0.05) is 25.0 Å². The summed E-state index contributed by atoms with van der Waals surface area (Å²) < 4.78 is 1.80. The minimum atomic E-state index is 0.485. The van der Waals surface area contributed by atoms with E-state index in [2.05, 4.69) is 32.5 Å². The largest absolute Gasteiger partial charge is 0.365 e. The minimum Gasteiger partial charge on any atom is -0.365 e. The molecule has 2 heterocycles. The Kier molecular flexibility index (Phi) is 3.31. The highest BCUT2D eigenvalue weighted by molar-refractivity contribution is 5.81. The number of anilines is 1. The van der Waals surface area contributed by atoms with Gasteiger partial charge < -0.3 is 5.32 Å². The van der Waals surface area contributed by atoms with E-state index in [9.17, 15) is 0 Å². The average molecular weight is 260 g/mol. The van der Waals surface area contributed by atoms with Gasteiger partial charge in [0.15, 0.2) is 17.0 Å². The van der Waals surface area contributed by atoms with E-state index in [0.717, 1.165) is 23.5 Å². The van der Waals surface area contributed by atoms with E-state index in [0.29, 0.717) is 12.0 Å². The van der Waals surface area contributed by atoms with E-state index in [1.807, 2.05) is 6.92 Å². The second-order valence-corrected chi connectivity index (χ2v) is 5.31. The molecule has 102 valence electrons. The summed E-state index contributed by atoms with van der Waals surface area (Å²) in [5.41, 5.74) is 1.59. The monoisotopic (exact) mass is 260 g/mol. The molecule has 1 N–H and O–H groups in total. The Hall–Kier alpha value is -1.72. The highest BCUT2D eigenvalue weighted by Crippen LogP contribution is 2.27. The first-order chi connectivity index (χ1) is 9.29. The topological polar surface area (TPSA) is 68.5 Å². The van der Waals surface area contributed by atoms with E-state index in [1.165, 1.54) is 25.7 Å². The van der Waals surface area contributed by atoms with Crippen molar-refractivity contribution in [1.82, 2.24) is 25.0 Å². The van der Waals surface area contributed by atoms with Crippen molar-refractivity contribution in [3.63, 3.8) is 0 Å². The first kappa shape index (κ1) is 12.3. The maximum absolute atomic E-state index is 4.35. The van der Waals surface area contributed by atoms with Gasteiger partial charge in [-0.15, -0.1) is 5.10 Å². The van der Waals surface area contributed by atoms with Gasteiger partial charge in [-0.2, -0.15) is 0 Å². The lowest BCUT2D eigenvalue weighted by Crippen LogP contribution is -2.30. The molecule has 0 spiro atoms. The Balaban J connectivity index is 1.90. The van der Waals surface area contributed by atoms with Crippen molar-refractivity contribution >= 4 is 17.0 Å². The highest BCUT2D eigenvalue weighted by Gasteiger charge is 2.22. The van der Waals surface area contributed by atoms with Crippen molar-refractivity contribution in [2.75, 3.05) is 5.32 Å². The van der Waals surface area contributed by atoms with Crippen molar-refractivity contribution in [3.8, 4) is 0 Å². The molecule has 0 saturated heterocycles. The molecule has 0 aliphatic heterocycles. The van der Waals surface area contributed by atoms with Gasteiger partial charge >= 0.3 is 0 Å². The summed E-state index contributed by atoms with van der Waals surface area (Å²) in [6, 6.07) is 0.485. The molecule has 6 heteroatoms. The number of aromatic nitrogens is 5. The Labute approximate surface area is 112 Å². The fourth-order valence-corrected chi connectivity index (χ4v) is 2.82. The number of hydrogen-bond donors (Lipinski definition) is 1. The van der Waals surface area contributed by atoms with Crippen LogP contribution in [-0.4, -0.2) is 31.0 Å². The van der Waals surface area contributed by atoms with Crippen molar-refractivity contribution < 1.29 is 0 Å². The van der Waals surface area contributed by atoms with E-state index < -0.39 is 0 Å². The zero-order valence-corrected chi connectivity index (χ0v) is 11.5. The van der Waals surface area contributed by atoms with Crippen molar-refractivity contribution in [1.29, 1.82) is 0 Å². The van der Waals surface area contributed by atoms with Crippen LogP contribution in [0.4, 0.5) is 5.82 Å². The number of nitrogens with zero attached hydrogens (tertiary/aromatic N) is 5. The van der Waals surface area contributed by atoms with Crippen LogP contribution in [0.2, 0.25) is 0 Å². The van der Waals surface area contributed by atoms with Crippen LogP contribution in [0.25, 0.3) is 11.2 Å². The van der Waals surface area contributed by atoms with E-state index in [1.54, 1.807) is 11.0 Å². The molecule has 0 radical (unpaired) electrons. The second kappa shape index (κ2) is 5.11. The summed E-state index contributed by atoms with van der Waals surface area (Å²) in [4.78, 5) is 8.62.